The van der Waals surface area contributed by atoms with E-state index in [1.807, 2.05) is 0 Å². The predicted octanol–water partition coefficient (Wildman–Crippen LogP) is 7.25. The number of halogens is 1. The molecule has 0 spiro atoms. The second-order valence-corrected chi connectivity index (χ2v) is 11.1. The van der Waals surface area contributed by atoms with E-state index in [9.17, 15) is 0 Å². The number of rotatable bonds is 3. The van der Waals surface area contributed by atoms with Gasteiger partial charge in [-0.2, -0.15) is 0 Å². The van der Waals surface area contributed by atoms with Gasteiger partial charge in [-0.15, -0.1) is 0 Å². The maximum Gasteiger partial charge on any atom is -0.000462 e. The lowest BCUT2D eigenvalue weighted by atomic mass is 9.45. The van der Waals surface area contributed by atoms with Crippen molar-refractivity contribution in [2.75, 3.05) is 4.43 Å². The van der Waals surface area contributed by atoms with Crippen LogP contribution in [0.2, 0.25) is 0 Å². The van der Waals surface area contributed by atoms with Crippen molar-refractivity contribution in [3.05, 3.63) is 0 Å². The molecule has 132 valence electrons. The Morgan fingerprint density at radius 1 is 0.826 bits per heavy atom. The van der Waals surface area contributed by atoms with Crippen LogP contribution in [0.1, 0.15) is 90.9 Å². The third kappa shape index (κ3) is 2.65. The molecule has 4 rings (SSSR count). The zero-order valence-electron chi connectivity index (χ0n) is 15.5. The van der Waals surface area contributed by atoms with Gasteiger partial charge in [0.05, 0.1) is 0 Å². The van der Waals surface area contributed by atoms with Gasteiger partial charge in [0, 0.05) is 0 Å². The van der Waals surface area contributed by atoms with Crippen LogP contribution in [0, 0.1) is 40.4 Å². The third-order valence-electron chi connectivity index (χ3n) is 9.47. The summed E-state index contributed by atoms with van der Waals surface area (Å²) in [5.41, 5.74) is 1.44. The Bertz CT molecular complexity index is 432. The maximum absolute atomic E-state index is 2.72. The molecule has 0 nitrogen and oxygen atoms in total. The van der Waals surface area contributed by atoms with Crippen LogP contribution in [-0.4, -0.2) is 4.43 Å². The molecule has 0 heterocycles. The zero-order valence-corrected chi connectivity index (χ0v) is 17.6. The first-order valence-corrected chi connectivity index (χ1v) is 12.2. The molecule has 5 unspecified atom stereocenters. The summed E-state index contributed by atoms with van der Waals surface area (Å²) in [6.45, 7) is 5.44. The van der Waals surface area contributed by atoms with Crippen LogP contribution < -0.4 is 0 Å². The summed E-state index contributed by atoms with van der Waals surface area (Å²) in [6, 6.07) is 0. The highest BCUT2D eigenvalue weighted by molar-refractivity contribution is 14.1. The highest BCUT2D eigenvalue weighted by atomic mass is 127. The van der Waals surface area contributed by atoms with Gasteiger partial charge in [0.1, 0.15) is 0 Å². The van der Waals surface area contributed by atoms with E-state index in [1.54, 1.807) is 51.4 Å². The highest BCUT2D eigenvalue weighted by Crippen LogP contribution is 2.67. The predicted molar refractivity (Wildman–Crippen MR) is 108 cm³/mol. The number of hydrogen-bond acceptors (Lipinski definition) is 0. The fourth-order valence-corrected chi connectivity index (χ4v) is 8.64. The van der Waals surface area contributed by atoms with Gasteiger partial charge in [-0.05, 0) is 109 Å². The Labute approximate surface area is 158 Å². The fraction of sp³-hybridized carbons (Fsp3) is 1.00. The molecule has 1 heteroatoms. The minimum absolute atomic E-state index is 0.713. The van der Waals surface area contributed by atoms with Crippen LogP contribution in [0.5, 0.6) is 0 Å². The van der Waals surface area contributed by atoms with Gasteiger partial charge in [-0.1, -0.05) is 49.3 Å². The molecule has 0 aromatic heterocycles. The summed E-state index contributed by atoms with van der Waals surface area (Å²) in [5.74, 6) is 5.40. The largest absolute Gasteiger partial charge is 0.0864 e. The summed E-state index contributed by atoms with van der Waals surface area (Å²) >= 11 is 2.58. The second kappa shape index (κ2) is 6.47. The van der Waals surface area contributed by atoms with E-state index < -0.39 is 0 Å². The van der Waals surface area contributed by atoms with Crippen molar-refractivity contribution >= 4 is 22.6 Å². The summed E-state index contributed by atoms with van der Waals surface area (Å²) in [4.78, 5) is 0. The average molecular weight is 428 g/mol. The molecule has 23 heavy (non-hydrogen) atoms. The van der Waals surface area contributed by atoms with Gasteiger partial charge >= 0.3 is 0 Å². The van der Waals surface area contributed by atoms with E-state index >= 15 is 0 Å². The minimum Gasteiger partial charge on any atom is -0.0864 e. The molecule has 4 fully saturated rings. The Hall–Kier alpha value is 0.730. The Kier molecular flexibility index (Phi) is 4.83. The Balaban J connectivity index is 1.55. The molecule has 0 aromatic carbocycles. The molecular weight excluding hydrogens is 391 g/mol. The summed E-state index contributed by atoms with van der Waals surface area (Å²) < 4.78 is 1.36. The maximum atomic E-state index is 2.72. The Morgan fingerprint density at radius 2 is 1.65 bits per heavy atom. The summed E-state index contributed by atoms with van der Waals surface area (Å²) in [7, 11) is 0. The van der Waals surface area contributed by atoms with Crippen LogP contribution in [-0.2, 0) is 0 Å². The smallest absolute Gasteiger partial charge is 0.000462 e. The third-order valence-corrected chi connectivity index (χ3v) is 10.2. The first-order valence-electron chi connectivity index (χ1n) is 10.7. The van der Waals surface area contributed by atoms with E-state index in [0.717, 1.165) is 35.0 Å². The molecule has 0 saturated heterocycles. The van der Waals surface area contributed by atoms with Crippen LogP contribution >= 0.6 is 22.6 Å². The van der Waals surface area contributed by atoms with Crippen molar-refractivity contribution in [1.29, 1.82) is 0 Å². The topological polar surface area (TPSA) is 0 Å². The number of fused-ring (bicyclic) bond motifs is 5. The van der Waals surface area contributed by atoms with Gasteiger partial charge in [0.2, 0.25) is 0 Å². The van der Waals surface area contributed by atoms with Crippen molar-refractivity contribution in [3.63, 3.8) is 0 Å². The summed E-state index contributed by atoms with van der Waals surface area (Å²) in [6.07, 6.45) is 18.6. The molecule has 0 amide bonds. The van der Waals surface area contributed by atoms with Crippen molar-refractivity contribution < 1.29 is 0 Å². The molecule has 0 radical (unpaired) electrons. The normalized spacial score (nSPS) is 52.6. The van der Waals surface area contributed by atoms with E-state index in [1.165, 1.54) is 30.1 Å². The van der Waals surface area contributed by atoms with E-state index in [2.05, 4.69) is 36.4 Å². The van der Waals surface area contributed by atoms with E-state index in [0.29, 0.717) is 5.41 Å². The highest BCUT2D eigenvalue weighted by Gasteiger charge is 2.59. The summed E-state index contributed by atoms with van der Waals surface area (Å²) in [5, 5.41) is 0. The SMILES string of the molecule is C[C@]12CCCCC1CCC1C2CC[C@]2(C)C(CCCI)CCC12. The quantitative estimate of drug-likeness (QED) is 0.328. The lowest BCUT2D eigenvalue weighted by molar-refractivity contribution is -0.111. The zero-order chi connectivity index (χ0) is 16.1. The molecule has 0 aromatic rings. The standard InChI is InChI=1S/C22H37I/c1-21-13-4-3-6-16(21)8-10-18-19-11-9-17(7-5-15-23)22(19,2)14-12-20(18)21/h16-20H,3-15H2,1-2H3/t16?,17?,18?,19?,20?,21-,22+/m0/s1. The van der Waals surface area contributed by atoms with E-state index in [4.69, 9.17) is 0 Å². The monoisotopic (exact) mass is 428 g/mol. The number of hydrogen-bond donors (Lipinski definition) is 0. The molecule has 0 aliphatic heterocycles. The molecular formula is C22H37I. The van der Waals surface area contributed by atoms with Gasteiger partial charge in [0.15, 0.2) is 0 Å². The molecule has 0 bridgehead atoms. The van der Waals surface area contributed by atoms with Gasteiger partial charge in [0.25, 0.3) is 0 Å². The van der Waals surface area contributed by atoms with Crippen LogP contribution in [0.3, 0.4) is 0 Å². The molecule has 0 N–H and O–H groups in total. The lowest BCUT2D eigenvalue weighted by Crippen LogP contribution is -2.52. The molecule has 4 aliphatic carbocycles. The van der Waals surface area contributed by atoms with E-state index in [-0.39, 0.29) is 0 Å². The van der Waals surface area contributed by atoms with Crippen LogP contribution in [0.25, 0.3) is 0 Å². The van der Waals surface area contributed by atoms with Crippen molar-refractivity contribution in [3.8, 4) is 0 Å². The second-order valence-electron chi connectivity index (χ2n) is 10.1. The van der Waals surface area contributed by atoms with Gasteiger partial charge in [-0.25, -0.2) is 0 Å². The number of alkyl halides is 1. The van der Waals surface area contributed by atoms with Crippen LogP contribution in [0.15, 0.2) is 0 Å². The van der Waals surface area contributed by atoms with Gasteiger partial charge < -0.3 is 0 Å². The molecule has 4 aliphatic rings. The Morgan fingerprint density at radius 3 is 2.48 bits per heavy atom. The van der Waals surface area contributed by atoms with Crippen molar-refractivity contribution in [2.24, 2.45) is 40.4 Å². The van der Waals surface area contributed by atoms with Crippen molar-refractivity contribution in [1.82, 2.24) is 0 Å². The molecule has 7 atom stereocenters. The average Bonchev–Trinajstić information content (AvgIpc) is 2.89. The first-order chi connectivity index (χ1) is 11.1. The van der Waals surface area contributed by atoms with Crippen LogP contribution in [0.4, 0.5) is 0 Å². The van der Waals surface area contributed by atoms with Crippen molar-refractivity contribution in [2.45, 2.75) is 90.9 Å². The molecule has 4 saturated carbocycles. The lowest BCUT2D eigenvalue weighted by Gasteiger charge is -2.60. The minimum atomic E-state index is 0.713. The first kappa shape index (κ1) is 17.2. The fourth-order valence-electron chi connectivity index (χ4n) is 8.20. The van der Waals surface area contributed by atoms with Gasteiger partial charge in [-0.3, -0.25) is 0 Å².